The predicted octanol–water partition coefficient (Wildman–Crippen LogP) is 4.16. The number of carbonyl (C=O) groups is 3. The standard InChI is InChI=1S/C23H25NO5S/c1-14-4-7-16(8-5-14)9-11-20(26)29-13-19(25)24-22-21(23(27)28-3)17-10-6-15(2)12-18(17)30-22/h4-5,7-9,11,15H,6,10,12-13H2,1-3H3,(H,24,25). The van der Waals surface area contributed by atoms with E-state index in [0.717, 1.165) is 40.8 Å². The van der Waals surface area contributed by atoms with E-state index in [1.807, 2.05) is 31.2 Å². The zero-order valence-electron chi connectivity index (χ0n) is 17.3. The maximum absolute atomic E-state index is 12.3. The van der Waals surface area contributed by atoms with Gasteiger partial charge in [0.05, 0.1) is 12.7 Å². The van der Waals surface area contributed by atoms with E-state index < -0.39 is 24.5 Å². The second kappa shape index (κ2) is 9.71. The molecule has 0 saturated carbocycles. The highest BCUT2D eigenvalue weighted by atomic mass is 32.1. The highest BCUT2D eigenvalue weighted by molar-refractivity contribution is 7.17. The van der Waals surface area contributed by atoms with Crippen molar-refractivity contribution >= 4 is 40.3 Å². The number of amides is 1. The summed E-state index contributed by atoms with van der Waals surface area (Å²) >= 11 is 1.39. The lowest BCUT2D eigenvalue weighted by Gasteiger charge is -2.18. The fourth-order valence-electron chi connectivity index (χ4n) is 3.35. The van der Waals surface area contributed by atoms with E-state index >= 15 is 0 Å². The van der Waals surface area contributed by atoms with Gasteiger partial charge in [-0.2, -0.15) is 0 Å². The average Bonchev–Trinajstić information content (AvgIpc) is 3.07. The number of carbonyl (C=O) groups excluding carboxylic acids is 3. The second-order valence-electron chi connectivity index (χ2n) is 7.45. The summed E-state index contributed by atoms with van der Waals surface area (Å²) in [5.74, 6) is -1.04. The van der Waals surface area contributed by atoms with Crippen LogP contribution < -0.4 is 5.32 Å². The van der Waals surface area contributed by atoms with Gasteiger partial charge in [-0.25, -0.2) is 9.59 Å². The summed E-state index contributed by atoms with van der Waals surface area (Å²) in [5.41, 5.74) is 3.37. The molecule has 7 heteroatoms. The van der Waals surface area contributed by atoms with Crippen molar-refractivity contribution in [2.75, 3.05) is 19.0 Å². The molecule has 1 unspecified atom stereocenters. The van der Waals surface area contributed by atoms with Crippen LogP contribution >= 0.6 is 11.3 Å². The Kier molecular flexibility index (Phi) is 7.05. The Labute approximate surface area is 179 Å². The van der Waals surface area contributed by atoms with Crippen LogP contribution in [0.4, 0.5) is 5.00 Å². The Morgan fingerprint density at radius 2 is 1.97 bits per heavy atom. The van der Waals surface area contributed by atoms with Gasteiger partial charge in [-0.05, 0) is 49.3 Å². The van der Waals surface area contributed by atoms with Crippen LogP contribution in [-0.2, 0) is 31.9 Å². The Morgan fingerprint density at radius 3 is 2.67 bits per heavy atom. The van der Waals surface area contributed by atoms with Crippen LogP contribution in [0.3, 0.4) is 0 Å². The first-order chi connectivity index (χ1) is 14.4. The molecule has 0 radical (unpaired) electrons. The molecule has 1 N–H and O–H groups in total. The molecule has 158 valence electrons. The van der Waals surface area contributed by atoms with E-state index in [-0.39, 0.29) is 0 Å². The summed E-state index contributed by atoms with van der Waals surface area (Å²) in [7, 11) is 1.33. The molecule has 1 aliphatic carbocycles. The van der Waals surface area contributed by atoms with Crippen molar-refractivity contribution in [3.05, 3.63) is 57.5 Å². The van der Waals surface area contributed by atoms with Gasteiger partial charge < -0.3 is 14.8 Å². The summed E-state index contributed by atoms with van der Waals surface area (Å²) in [6.07, 6.45) is 5.56. The maximum atomic E-state index is 12.3. The van der Waals surface area contributed by atoms with E-state index in [4.69, 9.17) is 9.47 Å². The third kappa shape index (κ3) is 5.36. The zero-order valence-corrected chi connectivity index (χ0v) is 18.1. The summed E-state index contributed by atoms with van der Waals surface area (Å²) in [5, 5.41) is 3.17. The Morgan fingerprint density at radius 1 is 1.23 bits per heavy atom. The van der Waals surface area contributed by atoms with Gasteiger partial charge in [-0.1, -0.05) is 36.8 Å². The molecule has 30 heavy (non-hydrogen) atoms. The fourth-order valence-corrected chi connectivity index (χ4v) is 4.76. The number of nitrogens with one attached hydrogen (secondary N) is 1. The van der Waals surface area contributed by atoms with Crippen LogP contribution in [0, 0.1) is 12.8 Å². The van der Waals surface area contributed by atoms with Gasteiger partial charge in [0, 0.05) is 11.0 Å². The number of anilines is 1. The molecule has 0 bridgehead atoms. The van der Waals surface area contributed by atoms with Gasteiger partial charge in [0.25, 0.3) is 5.91 Å². The van der Waals surface area contributed by atoms with Gasteiger partial charge in [0.2, 0.25) is 0 Å². The lowest BCUT2D eigenvalue weighted by molar-refractivity contribution is -0.142. The number of methoxy groups -OCH3 is 1. The molecule has 0 spiro atoms. The number of ether oxygens (including phenoxy) is 2. The molecular weight excluding hydrogens is 402 g/mol. The van der Waals surface area contributed by atoms with Crippen molar-refractivity contribution in [2.45, 2.75) is 33.1 Å². The zero-order chi connectivity index (χ0) is 21.7. The minimum atomic E-state index is -0.613. The smallest absolute Gasteiger partial charge is 0.341 e. The Hall–Kier alpha value is -2.93. The number of aryl methyl sites for hydroxylation is 1. The van der Waals surface area contributed by atoms with Gasteiger partial charge in [0.1, 0.15) is 5.00 Å². The number of thiophene rings is 1. The minimum Gasteiger partial charge on any atom is -0.465 e. The topological polar surface area (TPSA) is 81.7 Å². The molecule has 1 aromatic carbocycles. The van der Waals surface area contributed by atoms with Crippen LogP contribution in [0.15, 0.2) is 30.3 Å². The lowest BCUT2D eigenvalue weighted by Crippen LogP contribution is -2.21. The quantitative estimate of drug-likeness (QED) is 0.553. The number of benzene rings is 1. The highest BCUT2D eigenvalue weighted by Gasteiger charge is 2.28. The first kappa shape index (κ1) is 21.8. The van der Waals surface area contributed by atoms with Crippen LogP contribution in [0.5, 0.6) is 0 Å². The summed E-state index contributed by atoms with van der Waals surface area (Å²) in [6, 6.07) is 7.66. The minimum absolute atomic E-state index is 0.420. The van der Waals surface area contributed by atoms with Crippen molar-refractivity contribution < 1.29 is 23.9 Å². The third-order valence-corrected chi connectivity index (χ3v) is 6.16. The number of fused-ring (bicyclic) bond motifs is 1. The number of hydrogen-bond acceptors (Lipinski definition) is 6. The summed E-state index contributed by atoms with van der Waals surface area (Å²) in [4.78, 5) is 37.6. The van der Waals surface area contributed by atoms with Gasteiger partial charge in [0.15, 0.2) is 6.61 Å². The second-order valence-corrected chi connectivity index (χ2v) is 8.55. The van der Waals surface area contributed by atoms with Crippen LogP contribution in [0.25, 0.3) is 6.08 Å². The molecule has 0 saturated heterocycles. The normalized spacial score (nSPS) is 15.5. The number of hydrogen-bond donors (Lipinski definition) is 1. The predicted molar refractivity (Wildman–Crippen MR) is 117 cm³/mol. The summed E-state index contributed by atoms with van der Waals surface area (Å²) < 4.78 is 9.93. The maximum Gasteiger partial charge on any atom is 0.341 e. The van der Waals surface area contributed by atoms with Crippen molar-refractivity contribution in [3.8, 4) is 0 Å². The van der Waals surface area contributed by atoms with Crippen molar-refractivity contribution in [1.82, 2.24) is 0 Å². The van der Waals surface area contributed by atoms with E-state index in [9.17, 15) is 14.4 Å². The first-order valence-corrected chi connectivity index (χ1v) is 10.6. The Bertz CT molecular complexity index is 974. The first-order valence-electron chi connectivity index (χ1n) is 9.81. The molecule has 6 nitrogen and oxygen atoms in total. The Balaban J connectivity index is 1.61. The van der Waals surface area contributed by atoms with Gasteiger partial charge in [-0.15, -0.1) is 11.3 Å². The lowest BCUT2D eigenvalue weighted by atomic mass is 9.88. The monoisotopic (exact) mass is 427 g/mol. The van der Waals surface area contributed by atoms with Crippen LogP contribution in [0.2, 0.25) is 0 Å². The molecule has 1 aromatic heterocycles. The molecule has 1 heterocycles. The number of rotatable bonds is 6. The molecule has 2 aromatic rings. The van der Waals surface area contributed by atoms with Crippen molar-refractivity contribution in [1.29, 1.82) is 0 Å². The molecule has 0 fully saturated rings. The molecule has 0 aliphatic heterocycles. The molecule has 3 rings (SSSR count). The SMILES string of the molecule is COC(=O)c1c(NC(=O)COC(=O)C=Cc2ccc(C)cc2)sc2c1CCC(C)C2. The van der Waals surface area contributed by atoms with E-state index in [1.165, 1.54) is 24.5 Å². The van der Waals surface area contributed by atoms with Crippen molar-refractivity contribution in [2.24, 2.45) is 5.92 Å². The summed E-state index contributed by atoms with van der Waals surface area (Å²) in [6.45, 7) is 3.72. The van der Waals surface area contributed by atoms with Crippen LogP contribution in [-0.4, -0.2) is 31.6 Å². The molecule has 1 amide bonds. The highest BCUT2D eigenvalue weighted by Crippen LogP contribution is 2.40. The van der Waals surface area contributed by atoms with Crippen molar-refractivity contribution in [3.63, 3.8) is 0 Å². The molecule has 1 atom stereocenters. The van der Waals surface area contributed by atoms with E-state index in [2.05, 4.69) is 12.2 Å². The van der Waals surface area contributed by atoms with E-state index in [1.54, 1.807) is 6.08 Å². The number of esters is 2. The third-order valence-electron chi connectivity index (χ3n) is 4.99. The largest absolute Gasteiger partial charge is 0.465 e. The van der Waals surface area contributed by atoms with E-state index in [0.29, 0.717) is 16.5 Å². The van der Waals surface area contributed by atoms with Crippen LogP contribution in [0.1, 0.15) is 45.3 Å². The fraction of sp³-hybridized carbons (Fsp3) is 0.348. The molecular formula is C23H25NO5S. The average molecular weight is 428 g/mol. The van der Waals surface area contributed by atoms with Gasteiger partial charge in [-0.3, -0.25) is 4.79 Å². The van der Waals surface area contributed by atoms with Gasteiger partial charge >= 0.3 is 11.9 Å². The molecule has 1 aliphatic rings.